The molecule has 3 rings (SSSR count). The van der Waals surface area contributed by atoms with Gasteiger partial charge in [-0.15, -0.1) is 0 Å². The topological polar surface area (TPSA) is 44.2 Å². The number of ether oxygens (including phenoxy) is 2. The van der Waals surface area contributed by atoms with Gasteiger partial charge in [0.15, 0.2) is 0 Å². The zero-order chi connectivity index (χ0) is 13.6. The molecule has 0 spiro atoms. The molecule has 2 aromatic rings. The fourth-order valence-corrected chi connectivity index (χ4v) is 3.84. The molecule has 1 aliphatic rings. The van der Waals surface area contributed by atoms with Crippen LogP contribution in [0.1, 0.15) is 30.8 Å². The van der Waals surface area contributed by atoms with Crippen molar-refractivity contribution in [2.45, 2.75) is 33.3 Å². The van der Waals surface area contributed by atoms with Gasteiger partial charge in [-0.05, 0) is 0 Å². The van der Waals surface area contributed by atoms with Gasteiger partial charge in [-0.2, -0.15) is 0 Å². The number of aromatic nitrogens is 2. The van der Waals surface area contributed by atoms with Gasteiger partial charge in [0.25, 0.3) is 0 Å². The Hall–Kier alpha value is -1.32. The van der Waals surface area contributed by atoms with Crippen LogP contribution in [0.4, 0.5) is 0 Å². The summed E-state index contributed by atoms with van der Waals surface area (Å²) in [5.74, 6) is 1.76. The molecule has 2 heterocycles. The molecule has 0 bridgehead atoms. The second-order valence-corrected chi connectivity index (χ2v) is 6.64. The molecule has 0 amide bonds. The molecule has 0 radical (unpaired) electrons. The summed E-state index contributed by atoms with van der Waals surface area (Å²) in [6.45, 7) is 8.83. The molecule has 0 fully saturated rings. The molecule has 0 atom stereocenters. The van der Waals surface area contributed by atoms with E-state index in [4.69, 9.17) is 9.47 Å². The third-order valence-corrected chi connectivity index (χ3v) is 5.47. The SMILES string of the molecule is CCOc1ccc2c(c1C)OC(C)(C)c1[se]nnc1-2. The van der Waals surface area contributed by atoms with Gasteiger partial charge >= 0.3 is 118 Å². The van der Waals surface area contributed by atoms with Gasteiger partial charge in [-0.1, -0.05) is 0 Å². The Labute approximate surface area is 118 Å². The standard InChI is InChI=1S/C14H16N2O2Se/c1-5-17-10-7-6-9-11-13(19-16-15-11)14(3,4)18-12(9)8(10)2/h6-7H,5H2,1-4H3. The molecule has 4 nitrogen and oxygen atoms in total. The molecule has 1 aromatic heterocycles. The fraction of sp³-hybridized carbons (Fsp3) is 0.429. The van der Waals surface area contributed by atoms with Crippen LogP contribution in [-0.4, -0.2) is 30.5 Å². The van der Waals surface area contributed by atoms with Gasteiger partial charge in [-0.25, -0.2) is 0 Å². The van der Waals surface area contributed by atoms with Crippen molar-refractivity contribution in [1.82, 2.24) is 9.19 Å². The van der Waals surface area contributed by atoms with Gasteiger partial charge in [0.1, 0.15) is 0 Å². The van der Waals surface area contributed by atoms with E-state index >= 15 is 0 Å². The molecule has 0 aliphatic carbocycles. The van der Waals surface area contributed by atoms with E-state index < -0.39 is 0 Å². The van der Waals surface area contributed by atoms with Crippen LogP contribution in [0.25, 0.3) is 11.3 Å². The van der Waals surface area contributed by atoms with E-state index in [1.807, 2.05) is 26.0 Å². The summed E-state index contributed by atoms with van der Waals surface area (Å²) in [7, 11) is 0. The quantitative estimate of drug-likeness (QED) is 0.797. The van der Waals surface area contributed by atoms with Crippen LogP contribution in [0.2, 0.25) is 0 Å². The van der Waals surface area contributed by atoms with E-state index in [1.165, 1.54) is 4.44 Å². The van der Waals surface area contributed by atoms with E-state index in [0.717, 1.165) is 28.3 Å². The first-order chi connectivity index (χ1) is 9.04. The van der Waals surface area contributed by atoms with Crippen molar-refractivity contribution in [2.75, 3.05) is 6.61 Å². The Morgan fingerprint density at radius 1 is 1.37 bits per heavy atom. The predicted molar refractivity (Wildman–Crippen MR) is 74.0 cm³/mol. The first-order valence-corrected chi connectivity index (χ1v) is 7.95. The van der Waals surface area contributed by atoms with Crippen molar-refractivity contribution < 1.29 is 9.47 Å². The van der Waals surface area contributed by atoms with Crippen LogP contribution in [0.5, 0.6) is 11.5 Å². The van der Waals surface area contributed by atoms with E-state index in [9.17, 15) is 0 Å². The predicted octanol–water partition coefficient (Wildman–Crippen LogP) is 2.54. The number of hydrogen-bond donors (Lipinski definition) is 0. The average molecular weight is 323 g/mol. The molecule has 0 saturated heterocycles. The van der Waals surface area contributed by atoms with Gasteiger partial charge < -0.3 is 0 Å². The summed E-state index contributed by atoms with van der Waals surface area (Å²) in [6.07, 6.45) is 0. The van der Waals surface area contributed by atoms with Crippen molar-refractivity contribution in [1.29, 1.82) is 0 Å². The number of rotatable bonds is 2. The molecule has 5 heteroatoms. The van der Waals surface area contributed by atoms with Gasteiger partial charge in [0.05, 0.1) is 0 Å². The molecule has 1 aromatic carbocycles. The monoisotopic (exact) mass is 324 g/mol. The third-order valence-electron chi connectivity index (χ3n) is 3.30. The van der Waals surface area contributed by atoms with Crippen LogP contribution in [0.3, 0.4) is 0 Å². The van der Waals surface area contributed by atoms with Crippen LogP contribution in [0, 0.1) is 6.92 Å². The van der Waals surface area contributed by atoms with E-state index in [1.54, 1.807) is 0 Å². The number of benzene rings is 1. The molecule has 100 valence electrons. The van der Waals surface area contributed by atoms with Crippen LogP contribution < -0.4 is 9.47 Å². The molecule has 1 aliphatic heterocycles. The van der Waals surface area contributed by atoms with Crippen LogP contribution in [0.15, 0.2) is 12.1 Å². The van der Waals surface area contributed by atoms with E-state index in [0.29, 0.717) is 6.61 Å². The summed E-state index contributed by atoms with van der Waals surface area (Å²) in [6, 6.07) is 4.02. The van der Waals surface area contributed by atoms with Gasteiger partial charge in [0.2, 0.25) is 0 Å². The summed E-state index contributed by atoms with van der Waals surface area (Å²) < 4.78 is 17.3. The van der Waals surface area contributed by atoms with Crippen molar-refractivity contribution >= 4 is 14.7 Å². The number of nitrogens with zero attached hydrogens (tertiary/aromatic N) is 2. The van der Waals surface area contributed by atoms with Crippen LogP contribution in [-0.2, 0) is 5.60 Å². The average Bonchev–Trinajstić information content (AvgIpc) is 2.84. The summed E-state index contributed by atoms with van der Waals surface area (Å²) in [4.78, 5) is 0. The molecule has 0 unspecified atom stereocenters. The van der Waals surface area contributed by atoms with Crippen molar-refractivity contribution in [2.24, 2.45) is 0 Å². The van der Waals surface area contributed by atoms with E-state index in [2.05, 4.69) is 23.0 Å². The zero-order valence-corrected chi connectivity index (χ0v) is 13.2. The minimum absolute atomic E-state index is 0.0585. The zero-order valence-electron chi connectivity index (χ0n) is 11.5. The Kier molecular flexibility index (Phi) is 2.91. The molecular formula is C14H16N2O2Se. The second-order valence-electron chi connectivity index (χ2n) is 5.06. The van der Waals surface area contributed by atoms with Crippen molar-refractivity contribution in [3.05, 3.63) is 22.1 Å². The minimum atomic E-state index is -0.332. The summed E-state index contributed by atoms with van der Waals surface area (Å²) >= 11 is 0.0585. The summed E-state index contributed by atoms with van der Waals surface area (Å²) in [5.41, 5.74) is 2.74. The fourth-order valence-electron chi connectivity index (χ4n) is 2.37. The number of hydrogen-bond acceptors (Lipinski definition) is 4. The van der Waals surface area contributed by atoms with Crippen molar-refractivity contribution in [3.8, 4) is 22.8 Å². The first kappa shape index (κ1) is 12.7. The normalized spacial score (nSPS) is 15.4. The van der Waals surface area contributed by atoms with E-state index in [-0.39, 0.29) is 20.3 Å². The Morgan fingerprint density at radius 2 is 2.16 bits per heavy atom. The summed E-state index contributed by atoms with van der Waals surface area (Å²) in [5, 5.41) is 4.32. The van der Waals surface area contributed by atoms with Crippen LogP contribution >= 0.6 is 0 Å². The molecular weight excluding hydrogens is 307 g/mol. The molecule has 0 N–H and O–H groups in total. The Bertz CT molecular complexity index is 634. The maximum absolute atomic E-state index is 6.21. The Balaban J connectivity index is 2.22. The first-order valence-electron chi connectivity index (χ1n) is 6.33. The Morgan fingerprint density at radius 3 is 2.89 bits per heavy atom. The van der Waals surface area contributed by atoms with Gasteiger partial charge in [-0.3, -0.25) is 0 Å². The third kappa shape index (κ3) is 1.88. The second kappa shape index (κ2) is 4.36. The number of fused-ring (bicyclic) bond motifs is 3. The van der Waals surface area contributed by atoms with Crippen molar-refractivity contribution in [3.63, 3.8) is 0 Å². The molecule has 19 heavy (non-hydrogen) atoms. The van der Waals surface area contributed by atoms with Gasteiger partial charge in [0, 0.05) is 0 Å². The maximum atomic E-state index is 6.21. The molecule has 0 saturated carbocycles.